The molecule has 0 unspecified atom stereocenters. The van der Waals surface area contributed by atoms with Crippen molar-refractivity contribution < 1.29 is 29.6 Å². The van der Waals surface area contributed by atoms with E-state index < -0.39 is 0 Å². The van der Waals surface area contributed by atoms with Crippen molar-refractivity contribution in [2.75, 3.05) is 0 Å². The fourth-order valence-corrected chi connectivity index (χ4v) is 1.46. The van der Waals surface area contributed by atoms with Crippen molar-refractivity contribution in [1.82, 2.24) is 0 Å². The van der Waals surface area contributed by atoms with Crippen LogP contribution in [0.25, 0.3) is 0 Å². The van der Waals surface area contributed by atoms with Crippen LogP contribution in [0.3, 0.4) is 0 Å². The van der Waals surface area contributed by atoms with Gasteiger partial charge in [0.2, 0.25) is 0 Å². The molecule has 0 aromatic heterocycles. The minimum Gasteiger partial charge on any atom is -0.791 e. The molecule has 16 heavy (non-hydrogen) atoms. The van der Waals surface area contributed by atoms with Gasteiger partial charge in [-0.1, -0.05) is 60.7 Å². The number of hydrogen-bond acceptors (Lipinski definition) is 2. The Bertz CT molecular complexity index is 412. The van der Waals surface area contributed by atoms with Crippen LogP contribution in [0, 0.1) is 5.21 Å². The first-order valence-electron chi connectivity index (χ1n) is 4.73. The average molecular weight is 219 g/mol. The van der Waals surface area contributed by atoms with Crippen molar-refractivity contribution in [2.24, 2.45) is 5.16 Å². The summed E-state index contributed by atoms with van der Waals surface area (Å²) in [6.07, 6.45) is 0. The average Bonchev–Trinajstić information content (AvgIpc) is 2.33. The zero-order chi connectivity index (χ0) is 10.5. The normalized spacial score (nSPS) is 9.00. The first-order valence-corrected chi connectivity index (χ1v) is 4.73. The minimum absolute atomic E-state index is 0. The molecule has 0 bridgehead atoms. The van der Waals surface area contributed by atoms with Crippen molar-refractivity contribution in [1.29, 1.82) is 0 Å². The van der Waals surface area contributed by atoms with E-state index in [-0.39, 0.29) is 29.6 Å². The second kappa shape index (κ2) is 6.48. The van der Waals surface area contributed by atoms with Gasteiger partial charge in [0.05, 0.1) is 5.71 Å². The van der Waals surface area contributed by atoms with Gasteiger partial charge in [0.25, 0.3) is 0 Å². The zero-order valence-electron chi connectivity index (χ0n) is 9.13. The van der Waals surface area contributed by atoms with E-state index in [9.17, 15) is 5.21 Å². The fourth-order valence-electron chi connectivity index (χ4n) is 1.46. The maximum atomic E-state index is 10.8. The van der Waals surface area contributed by atoms with Crippen LogP contribution in [0.1, 0.15) is 11.1 Å². The molecule has 2 rings (SSSR count). The van der Waals surface area contributed by atoms with Crippen LogP contribution in [0.2, 0.25) is 0 Å². The second-order valence-corrected chi connectivity index (χ2v) is 3.17. The predicted molar refractivity (Wildman–Crippen MR) is 61.9 cm³/mol. The topological polar surface area (TPSA) is 35.4 Å². The summed E-state index contributed by atoms with van der Waals surface area (Å²) in [7, 11) is 0. The minimum atomic E-state index is 0. The molecule has 0 amide bonds. The Labute approximate surface area is 117 Å². The molecular weight excluding hydrogens is 209 g/mol. The first-order chi connectivity index (χ1) is 7.42. The van der Waals surface area contributed by atoms with Crippen LogP contribution in [0.15, 0.2) is 65.8 Å². The molecule has 0 saturated carbocycles. The van der Waals surface area contributed by atoms with Crippen LogP contribution in [-0.4, -0.2) is 5.71 Å². The third-order valence-electron chi connectivity index (χ3n) is 2.19. The summed E-state index contributed by atoms with van der Waals surface area (Å²) in [4.78, 5) is 0. The van der Waals surface area contributed by atoms with Gasteiger partial charge in [0, 0.05) is 0 Å². The SMILES string of the molecule is [Na+].[O-]N=C(c1ccccc1)c1ccccc1. The summed E-state index contributed by atoms with van der Waals surface area (Å²) in [5.74, 6) is 0. The largest absolute Gasteiger partial charge is 1.00 e. The summed E-state index contributed by atoms with van der Waals surface area (Å²) in [5, 5.41) is 13.9. The molecule has 0 spiro atoms. The van der Waals surface area contributed by atoms with Crippen LogP contribution in [0.4, 0.5) is 0 Å². The Morgan fingerprint density at radius 2 is 1.12 bits per heavy atom. The van der Waals surface area contributed by atoms with E-state index in [1.807, 2.05) is 60.7 Å². The molecule has 0 fully saturated rings. The summed E-state index contributed by atoms with van der Waals surface area (Å²) in [6.45, 7) is 0. The molecule has 0 radical (unpaired) electrons. The Morgan fingerprint density at radius 1 is 0.750 bits per heavy atom. The van der Waals surface area contributed by atoms with Gasteiger partial charge in [0.1, 0.15) is 0 Å². The maximum absolute atomic E-state index is 10.8. The zero-order valence-corrected chi connectivity index (χ0v) is 11.1. The third kappa shape index (κ3) is 2.95. The third-order valence-corrected chi connectivity index (χ3v) is 2.19. The predicted octanol–water partition coefficient (Wildman–Crippen LogP) is 0.0258. The monoisotopic (exact) mass is 219 g/mol. The maximum Gasteiger partial charge on any atom is 1.00 e. The van der Waals surface area contributed by atoms with E-state index >= 15 is 0 Å². The van der Waals surface area contributed by atoms with E-state index in [2.05, 4.69) is 5.16 Å². The molecule has 2 nitrogen and oxygen atoms in total. The Hall–Kier alpha value is -1.09. The molecular formula is C13H10NNaO. The molecule has 0 aliphatic heterocycles. The fraction of sp³-hybridized carbons (Fsp3) is 0. The van der Waals surface area contributed by atoms with Gasteiger partial charge >= 0.3 is 29.6 Å². The van der Waals surface area contributed by atoms with Crippen LogP contribution in [0.5, 0.6) is 0 Å². The Balaban J connectivity index is 0.00000128. The molecule has 0 heterocycles. The van der Waals surface area contributed by atoms with Crippen molar-refractivity contribution in [2.45, 2.75) is 0 Å². The van der Waals surface area contributed by atoms with Gasteiger partial charge < -0.3 is 10.4 Å². The van der Waals surface area contributed by atoms with Gasteiger partial charge in [-0.2, -0.15) is 0 Å². The van der Waals surface area contributed by atoms with Crippen LogP contribution in [-0.2, 0) is 0 Å². The standard InChI is InChI=1S/C13H11NO.Na/c15-14-13(11-7-3-1-4-8-11)12-9-5-2-6-10-12;/h1-10,15H;/q;+1/p-1. The summed E-state index contributed by atoms with van der Waals surface area (Å²) < 4.78 is 0. The van der Waals surface area contributed by atoms with Crippen LogP contribution >= 0.6 is 0 Å². The van der Waals surface area contributed by atoms with Crippen molar-refractivity contribution in [3.05, 3.63) is 77.0 Å². The van der Waals surface area contributed by atoms with Gasteiger partial charge in [-0.15, -0.1) is 0 Å². The molecule has 0 saturated heterocycles. The van der Waals surface area contributed by atoms with E-state index in [1.165, 1.54) is 0 Å². The number of hydrogen-bond donors (Lipinski definition) is 0. The summed E-state index contributed by atoms with van der Waals surface area (Å²) in [6, 6.07) is 18.9. The van der Waals surface area contributed by atoms with E-state index in [1.54, 1.807) is 0 Å². The van der Waals surface area contributed by atoms with Gasteiger partial charge in [-0.05, 0) is 11.1 Å². The second-order valence-electron chi connectivity index (χ2n) is 3.17. The Morgan fingerprint density at radius 3 is 1.44 bits per heavy atom. The number of nitrogens with zero attached hydrogens (tertiary/aromatic N) is 1. The molecule has 0 aliphatic carbocycles. The van der Waals surface area contributed by atoms with Crippen LogP contribution < -0.4 is 29.6 Å². The molecule has 74 valence electrons. The molecule has 3 heteroatoms. The quantitative estimate of drug-likeness (QED) is 0.398. The smallest absolute Gasteiger partial charge is 0.791 e. The van der Waals surface area contributed by atoms with Gasteiger partial charge in [0.15, 0.2) is 0 Å². The molecule has 0 N–H and O–H groups in total. The van der Waals surface area contributed by atoms with Crippen molar-refractivity contribution in [3.63, 3.8) is 0 Å². The van der Waals surface area contributed by atoms with Crippen molar-refractivity contribution in [3.8, 4) is 0 Å². The molecule has 2 aromatic rings. The molecule has 2 aromatic carbocycles. The van der Waals surface area contributed by atoms with Gasteiger partial charge in [-0.25, -0.2) is 0 Å². The number of benzene rings is 2. The van der Waals surface area contributed by atoms with Crippen molar-refractivity contribution >= 4 is 5.71 Å². The van der Waals surface area contributed by atoms with Gasteiger partial charge in [-0.3, -0.25) is 0 Å². The summed E-state index contributed by atoms with van der Waals surface area (Å²) >= 11 is 0. The molecule has 0 aliphatic rings. The van der Waals surface area contributed by atoms with E-state index in [4.69, 9.17) is 0 Å². The first kappa shape index (κ1) is 13.0. The van der Waals surface area contributed by atoms with E-state index in [0.29, 0.717) is 5.71 Å². The number of rotatable bonds is 2. The summed E-state index contributed by atoms with van der Waals surface area (Å²) in [5.41, 5.74) is 2.17. The molecule has 0 atom stereocenters. The Kier molecular flexibility index (Phi) is 5.26. The van der Waals surface area contributed by atoms with E-state index in [0.717, 1.165) is 11.1 Å².